The van der Waals surface area contributed by atoms with Crippen molar-refractivity contribution < 1.29 is 31.1 Å². The molecular weight excluding hydrogens is 411 g/mol. The third-order valence-electron chi connectivity index (χ3n) is 4.91. The Kier molecular flexibility index (Phi) is 4.54. The number of fused-ring (bicyclic) bond motifs is 3. The highest BCUT2D eigenvalue weighted by molar-refractivity contribution is 7.89. The number of piperazine rings is 1. The Labute approximate surface area is 164 Å². The molecule has 1 aromatic heterocycles. The highest BCUT2D eigenvalue weighted by Gasteiger charge is 2.44. The molecule has 2 aliphatic heterocycles. The van der Waals surface area contributed by atoms with Gasteiger partial charge in [0.1, 0.15) is 5.75 Å². The molecule has 1 fully saturated rings. The van der Waals surface area contributed by atoms with Gasteiger partial charge in [0.15, 0.2) is 0 Å². The first kappa shape index (κ1) is 19.6. The monoisotopic (exact) mass is 427 g/mol. The minimum Gasteiger partial charge on any atom is -0.406 e. The van der Waals surface area contributed by atoms with Crippen LogP contribution in [0.5, 0.6) is 5.75 Å². The average molecular weight is 427 g/mol. The van der Waals surface area contributed by atoms with Crippen LogP contribution in [-0.2, 0) is 10.0 Å². The van der Waals surface area contributed by atoms with Gasteiger partial charge in [0, 0.05) is 25.3 Å². The molecular formula is C18H16F3N3O4S. The van der Waals surface area contributed by atoms with E-state index in [0.717, 1.165) is 30.0 Å². The summed E-state index contributed by atoms with van der Waals surface area (Å²) in [5.41, 5.74) is 1.73. The van der Waals surface area contributed by atoms with Crippen LogP contribution in [0.4, 0.5) is 13.2 Å². The number of nitrogens with zero attached hydrogens (tertiary/aromatic N) is 3. The lowest BCUT2D eigenvalue weighted by atomic mass is 10.1. The molecule has 3 heterocycles. The summed E-state index contributed by atoms with van der Waals surface area (Å²) < 4.78 is 67.8. The molecule has 29 heavy (non-hydrogen) atoms. The number of hydrogen-bond donors (Lipinski definition) is 0. The van der Waals surface area contributed by atoms with E-state index >= 15 is 0 Å². The van der Waals surface area contributed by atoms with Gasteiger partial charge in [-0.25, -0.2) is 8.42 Å². The quantitative estimate of drug-likeness (QED) is 0.752. The average Bonchev–Trinajstić information content (AvgIpc) is 2.92. The number of benzene rings is 1. The van der Waals surface area contributed by atoms with E-state index in [-0.39, 0.29) is 30.4 Å². The molecule has 1 aromatic carbocycles. The number of hydrogen-bond acceptors (Lipinski definition) is 5. The van der Waals surface area contributed by atoms with Gasteiger partial charge in [0.2, 0.25) is 10.0 Å². The summed E-state index contributed by atoms with van der Waals surface area (Å²) in [5, 5.41) is 0. The summed E-state index contributed by atoms with van der Waals surface area (Å²) in [5.74, 6) is -0.681. The van der Waals surface area contributed by atoms with Crippen molar-refractivity contribution in [1.82, 2.24) is 14.2 Å². The van der Waals surface area contributed by atoms with E-state index in [1.165, 1.54) is 4.31 Å². The minimum atomic E-state index is -4.86. The summed E-state index contributed by atoms with van der Waals surface area (Å²) in [6.07, 6.45) is -4.86. The number of amides is 1. The standard InChI is InChI=1S/C18H16F3N3O4S/c1-11-2-7-14-16(22-11)15-10-23(8-9-24(15)17(14)25)29(26,27)13-5-3-12(4-6-13)28-18(19,20)21/h2-7,15H,8-10H2,1H3. The number of ether oxygens (including phenoxy) is 1. The van der Waals surface area contributed by atoms with Crippen LogP contribution in [0.25, 0.3) is 0 Å². The van der Waals surface area contributed by atoms with Gasteiger partial charge < -0.3 is 9.64 Å². The van der Waals surface area contributed by atoms with Crippen LogP contribution in [-0.4, -0.2) is 54.5 Å². The largest absolute Gasteiger partial charge is 0.573 e. The van der Waals surface area contributed by atoms with Crippen molar-refractivity contribution in [3.8, 4) is 5.75 Å². The number of aromatic nitrogens is 1. The predicted molar refractivity (Wildman–Crippen MR) is 94.6 cm³/mol. The maximum absolute atomic E-state index is 13.0. The third-order valence-corrected chi connectivity index (χ3v) is 6.79. The van der Waals surface area contributed by atoms with Crippen molar-refractivity contribution in [2.75, 3.05) is 19.6 Å². The van der Waals surface area contributed by atoms with Crippen molar-refractivity contribution >= 4 is 15.9 Å². The molecule has 1 unspecified atom stereocenters. The van der Waals surface area contributed by atoms with Crippen molar-refractivity contribution in [1.29, 1.82) is 0 Å². The normalized spacial score (nSPS) is 19.8. The maximum Gasteiger partial charge on any atom is 0.573 e. The lowest BCUT2D eigenvalue weighted by molar-refractivity contribution is -0.274. The number of carbonyl (C=O) groups excluding carboxylic acids is 1. The Balaban J connectivity index is 1.58. The molecule has 0 bridgehead atoms. The van der Waals surface area contributed by atoms with Crippen molar-refractivity contribution in [2.24, 2.45) is 0 Å². The second kappa shape index (κ2) is 6.70. The highest BCUT2D eigenvalue weighted by Crippen LogP contribution is 2.36. The fourth-order valence-electron chi connectivity index (χ4n) is 3.58. The van der Waals surface area contributed by atoms with E-state index < -0.39 is 28.2 Å². The van der Waals surface area contributed by atoms with E-state index in [9.17, 15) is 26.4 Å². The van der Waals surface area contributed by atoms with Gasteiger partial charge in [0.05, 0.1) is 22.2 Å². The molecule has 2 aliphatic rings. The van der Waals surface area contributed by atoms with Crippen LogP contribution in [0.15, 0.2) is 41.3 Å². The zero-order chi connectivity index (χ0) is 21.0. The predicted octanol–water partition coefficient (Wildman–Crippen LogP) is 2.49. The van der Waals surface area contributed by atoms with Gasteiger partial charge in [-0.2, -0.15) is 4.31 Å². The molecule has 0 N–H and O–H groups in total. The van der Waals surface area contributed by atoms with E-state index in [1.807, 2.05) is 0 Å². The zero-order valence-electron chi connectivity index (χ0n) is 15.2. The van der Waals surface area contributed by atoms with Crippen molar-refractivity contribution in [3.05, 3.63) is 53.3 Å². The molecule has 0 radical (unpaired) electrons. The number of aryl methyl sites for hydroxylation is 1. The molecule has 0 spiro atoms. The summed E-state index contributed by atoms with van der Waals surface area (Å²) >= 11 is 0. The zero-order valence-corrected chi connectivity index (χ0v) is 16.0. The Morgan fingerprint density at radius 2 is 1.79 bits per heavy atom. The highest BCUT2D eigenvalue weighted by atomic mass is 32.2. The van der Waals surface area contributed by atoms with Crippen molar-refractivity contribution in [3.63, 3.8) is 0 Å². The van der Waals surface area contributed by atoms with Gasteiger partial charge in [-0.15, -0.1) is 13.2 Å². The summed E-state index contributed by atoms with van der Waals surface area (Å²) in [4.78, 5) is 18.4. The number of rotatable bonds is 3. The van der Waals surface area contributed by atoms with Crippen molar-refractivity contribution in [2.45, 2.75) is 24.2 Å². The summed E-state index contributed by atoms with van der Waals surface area (Å²) in [7, 11) is -3.96. The number of carbonyl (C=O) groups is 1. The molecule has 1 atom stereocenters. The van der Waals surface area contributed by atoms with E-state index in [2.05, 4.69) is 9.72 Å². The van der Waals surface area contributed by atoms with Crippen LogP contribution in [0.1, 0.15) is 27.8 Å². The van der Waals surface area contributed by atoms with Gasteiger partial charge >= 0.3 is 6.36 Å². The van der Waals surface area contributed by atoms with E-state index in [4.69, 9.17) is 0 Å². The number of sulfonamides is 1. The van der Waals surface area contributed by atoms with Crippen LogP contribution in [0.2, 0.25) is 0 Å². The fraction of sp³-hybridized carbons (Fsp3) is 0.333. The van der Waals surface area contributed by atoms with Crippen LogP contribution in [0.3, 0.4) is 0 Å². The first-order valence-corrected chi connectivity index (χ1v) is 10.1. The number of pyridine rings is 1. The van der Waals surface area contributed by atoms with E-state index in [1.54, 1.807) is 24.0 Å². The Morgan fingerprint density at radius 1 is 1.10 bits per heavy atom. The fourth-order valence-corrected chi connectivity index (χ4v) is 5.02. The first-order valence-electron chi connectivity index (χ1n) is 8.71. The lowest BCUT2D eigenvalue weighted by Crippen LogP contribution is -2.49. The molecule has 11 heteroatoms. The summed E-state index contributed by atoms with van der Waals surface area (Å²) in [6.45, 7) is 2.10. The van der Waals surface area contributed by atoms with Gasteiger partial charge in [0.25, 0.3) is 5.91 Å². The topological polar surface area (TPSA) is 79.8 Å². The maximum atomic E-state index is 13.0. The molecule has 1 amide bonds. The summed E-state index contributed by atoms with van der Waals surface area (Å²) in [6, 6.07) is 6.97. The second-order valence-electron chi connectivity index (χ2n) is 6.78. The van der Waals surface area contributed by atoms with E-state index in [0.29, 0.717) is 11.3 Å². The molecule has 0 saturated carbocycles. The molecule has 7 nitrogen and oxygen atoms in total. The molecule has 1 saturated heterocycles. The van der Waals surface area contributed by atoms with Gasteiger partial charge in [-0.3, -0.25) is 9.78 Å². The number of alkyl halides is 3. The Hall–Kier alpha value is -2.66. The van der Waals surface area contributed by atoms with Crippen LogP contribution >= 0.6 is 0 Å². The Morgan fingerprint density at radius 3 is 2.45 bits per heavy atom. The minimum absolute atomic E-state index is 0.0261. The molecule has 154 valence electrons. The van der Waals surface area contributed by atoms with Gasteiger partial charge in [-0.05, 0) is 43.3 Å². The molecule has 4 rings (SSSR count). The molecule has 2 aromatic rings. The Bertz CT molecular complexity index is 1070. The molecule has 0 aliphatic carbocycles. The number of halogens is 3. The van der Waals surface area contributed by atoms with Gasteiger partial charge in [-0.1, -0.05) is 0 Å². The third kappa shape index (κ3) is 3.55. The smallest absolute Gasteiger partial charge is 0.406 e. The lowest BCUT2D eigenvalue weighted by Gasteiger charge is -2.36. The van der Waals surface area contributed by atoms with Crippen LogP contribution < -0.4 is 4.74 Å². The first-order chi connectivity index (χ1) is 13.6. The SMILES string of the molecule is Cc1ccc2c(n1)C1CN(S(=O)(=O)c3ccc(OC(F)(F)F)cc3)CCN1C2=O. The second-order valence-corrected chi connectivity index (χ2v) is 8.72. The van der Waals surface area contributed by atoms with Crippen LogP contribution in [0, 0.1) is 6.92 Å².